The summed E-state index contributed by atoms with van der Waals surface area (Å²) < 4.78 is 7.67. The van der Waals surface area contributed by atoms with Gasteiger partial charge in [-0.25, -0.2) is 4.68 Å². The van der Waals surface area contributed by atoms with Gasteiger partial charge in [0.2, 0.25) is 0 Å². The summed E-state index contributed by atoms with van der Waals surface area (Å²) in [6, 6.07) is 6.89. The molecule has 26 heavy (non-hydrogen) atoms. The molecule has 1 aliphatic rings. The molecule has 0 unspecified atom stereocenters. The highest BCUT2D eigenvalue weighted by Gasteiger charge is 2.22. The Balaban J connectivity index is 1.82. The number of ether oxygens (including phenoxy) is 1. The number of nitrogens with zero attached hydrogens (tertiary/aromatic N) is 4. The van der Waals surface area contributed by atoms with Crippen molar-refractivity contribution in [1.29, 1.82) is 0 Å². The van der Waals surface area contributed by atoms with Gasteiger partial charge < -0.3 is 4.74 Å². The maximum Gasteiger partial charge on any atom is 0.251 e. The molecule has 0 atom stereocenters. The van der Waals surface area contributed by atoms with E-state index < -0.39 is 8.07 Å². The third kappa shape index (κ3) is 4.67. The number of hydrogen-bond acceptors (Lipinski definition) is 4. The molecule has 0 spiro atoms. The number of carbonyl (C=O) groups excluding carboxylic acids is 1. The fourth-order valence-corrected chi connectivity index (χ4v) is 3.48. The molecular formula is C19H26N4O2Si. The van der Waals surface area contributed by atoms with Crippen LogP contribution in [0, 0.1) is 0 Å². The van der Waals surface area contributed by atoms with Crippen molar-refractivity contribution >= 4 is 19.8 Å². The predicted molar refractivity (Wildman–Crippen MR) is 106 cm³/mol. The average Bonchev–Trinajstić information content (AvgIpc) is 3.03. The summed E-state index contributed by atoms with van der Waals surface area (Å²) in [6.07, 6.45) is 7.87. The first kappa shape index (κ1) is 18.5. The van der Waals surface area contributed by atoms with Crippen LogP contribution >= 0.6 is 0 Å². The minimum Gasteiger partial charge on any atom is -0.359 e. The lowest BCUT2D eigenvalue weighted by Crippen LogP contribution is -2.34. The summed E-state index contributed by atoms with van der Waals surface area (Å²) >= 11 is 0. The second kappa shape index (κ2) is 7.97. The fraction of sp³-hybridized carbons (Fsp3) is 0.421. The topological polar surface area (TPSA) is 60.2 Å². The zero-order valence-electron chi connectivity index (χ0n) is 15.7. The summed E-state index contributed by atoms with van der Waals surface area (Å²) in [4.78, 5) is 18.1. The van der Waals surface area contributed by atoms with Gasteiger partial charge in [0.05, 0.1) is 5.69 Å². The van der Waals surface area contributed by atoms with Crippen molar-refractivity contribution in [2.24, 2.45) is 0 Å². The number of aromatic nitrogens is 3. The lowest BCUT2D eigenvalue weighted by atomic mass is 10.2. The average molecular weight is 371 g/mol. The Morgan fingerprint density at radius 2 is 2.00 bits per heavy atom. The first-order valence-corrected chi connectivity index (χ1v) is 12.7. The molecule has 0 radical (unpaired) electrons. The van der Waals surface area contributed by atoms with Gasteiger partial charge in [-0.3, -0.25) is 14.7 Å². The van der Waals surface area contributed by atoms with Gasteiger partial charge >= 0.3 is 0 Å². The molecule has 3 heterocycles. The lowest BCUT2D eigenvalue weighted by molar-refractivity contribution is -0.114. The molecule has 2 aromatic rings. The quantitative estimate of drug-likeness (QED) is 0.552. The van der Waals surface area contributed by atoms with Gasteiger partial charge in [-0.2, -0.15) is 5.10 Å². The largest absolute Gasteiger partial charge is 0.359 e. The Hall–Kier alpha value is -2.25. The van der Waals surface area contributed by atoms with Crippen molar-refractivity contribution in [2.75, 3.05) is 18.1 Å². The highest BCUT2D eigenvalue weighted by molar-refractivity contribution is 6.76. The standard InChI is InChI=1S/C19H26N4O2Si/c1-26(2,3)13-12-25-15-23-18(22-11-5-4-6-19(22)24)14-17(21-23)16-7-9-20-10-8-16/h4,6-10,14H,5,11-13,15H2,1-3H3. The normalized spacial score (nSPS) is 14.9. The van der Waals surface area contributed by atoms with E-state index in [1.165, 1.54) is 0 Å². The van der Waals surface area contributed by atoms with Crippen molar-refractivity contribution in [3.8, 4) is 11.3 Å². The molecule has 0 N–H and O–H groups in total. The van der Waals surface area contributed by atoms with Crippen LogP contribution in [-0.4, -0.2) is 41.9 Å². The van der Waals surface area contributed by atoms with Gasteiger partial charge in [0.1, 0.15) is 12.5 Å². The second-order valence-corrected chi connectivity index (χ2v) is 13.3. The molecule has 0 saturated carbocycles. The molecule has 1 aliphatic heterocycles. The van der Waals surface area contributed by atoms with Crippen LogP contribution in [0.25, 0.3) is 11.3 Å². The molecule has 1 amide bonds. The summed E-state index contributed by atoms with van der Waals surface area (Å²) in [5.74, 6) is 0.764. The van der Waals surface area contributed by atoms with E-state index in [9.17, 15) is 4.79 Å². The van der Waals surface area contributed by atoms with E-state index in [1.807, 2.05) is 24.3 Å². The van der Waals surface area contributed by atoms with E-state index in [4.69, 9.17) is 4.74 Å². The Morgan fingerprint density at radius 3 is 2.69 bits per heavy atom. The Kier molecular flexibility index (Phi) is 5.68. The zero-order valence-corrected chi connectivity index (χ0v) is 16.7. The van der Waals surface area contributed by atoms with Crippen molar-refractivity contribution in [1.82, 2.24) is 14.8 Å². The first-order chi connectivity index (χ1) is 12.4. The molecule has 0 bridgehead atoms. The van der Waals surface area contributed by atoms with Gasteiger partial charge in [-0.05, 0) is 30.7 Å². The molecule has 0 fully saturated rings. The third-order valence-corrected chi connectivity index (χ3v) is 5.97. The molecule has 0 aliphatic carbocycles. The highest BCUT2D eigenvalue weighted by atomic mass is 28.3. The highest BCUT2D eigenvalue weighted by Crippen LogP contribution is 2.26. The Morgan fingerprint density at radius 1 is 1.23 bits per heavy atom. The number of pyridine rings is 1. The molecule has 2 aromatic heterocycles. The van der Waals surface area contributed by atoms with Crippen molar-refractivity contribution in [3.63, 3.8) is 0 Å². The van der Waals surface area contributed by atoms with E-state index in [0.29, 0.717) is 19.9 Å². The predicted octanol–water partition coefficient (Wildman–Crippen LogP) is 3.55. The van der Waals surface area contributed by atoms with Crippen LogP contribution in [-0.2, 0) is 16.3 Å². The van der Waals surface area contributed by atoms with Crippen molar-refractivity contribution < 1.29 is 9.53 Å². The smallest absolute Gasteiger partial charge is 0.251 e. The van der Waals surface area contributed by atoms with E-state index in [1.54, 1.807) is 28.1 Å². The number of rotatable bonds is 7. The maximum atomic E-state index is 12.3. The van der Waals surface area contributed by atoms with E-state index in [0.717, 1.165) is 29.5 Å². The lowest BCUT2D eigenvalue weighted by Gasteiger charge is -2.24. The van der Waals surface area contributed by atoms with Crippen LogP contribution in [0.3, 0.4) is 0 Å². The van der Waals surface area contributed by atoms with Gasteiger partial charge in [0.25, 0.3) is 5.91 Å². The van der Waals surface area contributed by atoms with Crippen LogP contribution in [0.1, 0.15) is 6.42 Å². The monoisotopic (exact) mass is 370 g/mol. The van der Waals surface area contributed by atoms with Gasteiger partial charge in [0.15, 0.2) is 0 Å². The van der Waals surface area contributed by atoms with Gasteiger partial charge in [0, 0.05) is 45.2 Å². The van der Waals surface area contributed by atoms with E-state index >= 15 is 0 Å². The van der Waals surface area contributed by atoms with Crippen LogP contribution in [0.4, 0.5) is 5.82 Å². The molecular weight excluding hydrogens is 344 g/mol. The SMILES string of the molecule is C[Si](C)(C)CCOCn1nc(-c2ccncc2)cc1N1CCC=CC1=O. The summed E-state index contributed by atoms with van der Waals surface area (Å²) in [5.41, 5.74) is 1.79. The summed E-state index contributed by atoms with van der Waals surface area (Å²) in [5, 5.41) is 4.68. The van der Waals surface area contributed by atoms with Gasteiger partial charge in [-0.1, -0.05) is 25.7 Å². The number of anilines is 1. The molecule has 7 heteroatoms. The number of amides is 1. The second-order valence-electron chi connectivity index (χ2n) is 7.65. The maximum absolute atomic E-state index is 12.3. The molecule has 3 rings (SSSR count). The molecule has 6 nitrogen and oxygen atoms in total. The first-order valence-electron chi connectivity index (χ1n) is 8.98. The van der Waals surface area contributed by atoms with Crippen molar-refractivity contribution in [2.45, 2.75) is 38.8 Å². The van der Waals surface area contributed by atoms with Crippen LogP contribution in [0.5, 0.6) is 0 Å². The Labute approximate surface area is 155 Å². The third-order valence-electron chi connectivity index (χ3n) is 4.27. The molecule has 0 saturated heterocycles. The van der Waals surface area contributed by atoms with Crippen LogP contribution in [0.15, 0.2) is 42.7 Å². The minimum atomic E-state index is -1.13. The molecule has 138 valence electrons. The van der Waals surface area contributed by atoms with Crippen molar-refractivity contribution in [3.05, 3.63) is 42.7 Å². The summed E-state index contributed by atoms with van der Waals surface area (Å²) in [6.45, 7) is 8.71. The number of carbonyl (C=O) groups is 1. The fourth-order valence-electron chi connectivity index (χ4n) is 2.73. The van der Waals surface area contributed by atoms with Crippen LogP contribution < -0.4 is 4.90 Å². The van der Waals surface area contributed by atoms with E-state index in [2.05, 4.69) is 29.7 Å². The minimum absolute atomic E-state index is 0.0132. The van der Waals surface area contributed by atoms with Gasteiger partial charge in [-0.15, -0.1) is 0 Å². The number of hydrogen-bond donors (Lipinski definition) is 0. The van der Waals surface area contributed by atoms with E-state index in [-0.39, 0.29) is 5.91 Å². The molecule has 0 aromatic carbocycles. The van der Waals surface area contributed by atoms with Crippen LogP contribution in [0.2, 0.25) is 25.7 Å². The summed E-state index contributed by atoms with van der Waals surface area (Å²) in [7, 11) is -1.13. The Bertz CT molecular complexity index is 781. The zero-order chi connectivity index (χ0) is 18.6.